The number of carbonyl (C=O) groups is 1. The van der Waals surface area contributed by atoms with E-state index in [0.717, 1.165) is 10.5 Å². The van der Waals surface area contributed by atoms with Crippen LogP contribution in [0.1, 0.15) is 18.4 Å². The SMILES string of the molecule is COCCOc1ccc(C2=CCCC(=O)N2CC(F)F)cc1. The monoisotopic (exact) mass is 311 g/mol. The number of hydrogen-bond donors (Lipinski definition) is 0. The zero-order valence-electron chi connectivity index (χ0n) is 12.4. The summed E-state index contributed by atoms with van der Waals surface area (Å²) in [7, 11) is 1.59. The Morgan fingerprint density at radius 3 is 2.59 bits per heavy atom. The summed E-state index contributed by atoms with van der Waals surface area (Å²) in [6.07, 6.45) is 0.112. The smallest absolute Gasteiger partial charge is 0.256 e. The van der Waals surface area contributed by atoms with Crippen molar-refractivity contribution in [3.63, 3.8) is 0 Å². The van der Waals surface area contributed by atoms with E-state index in [1.807, 2.05) is 6.08 Å². The summed E-state index contributed by atoms with van der Waals surface area (Å²) in [5.41, 5.74) is 1.27. The lowest BCUT2D eigenvalue weighted by molar-refractivity contribution is -0.129. The van der Waals surface area contributed by atoms with Gasteiger partial charge in [0.25, 0.3) is 6.43 Å². The van der Waals surface area contributed by atoms with Crippen LogP contribution in [-0.4, -0.2) is 44.1 Å². The lowest BCUT2D eigenvalue weighted by atomic mass is 10.0. The van der Waals surface area contributed by atoms with Gasteiger partial charge in [-0.3, -0.25) is 4.79 Å². The van der Waals surface area contributed by atoms with Crippen molar-refractivity contribution >= 4 is 11.6 Å². The molecule has 1 aliphatic heterocycles. The molecule has 0 spiro atoms. The van der Waals surface area contributed by atoms with Crippen LogP contribution in [0.4, 0.5) is 8.78 Å². The fourth-order valence-electron chi connectivity index (χ4n) is 2.29. The average molecular weight is 311 g/mol. The van der Waals surface area contributed by atoms with Crippen LogP contribution in [0.2, 0.25) is 0 Å². The largest absolute Gasteiger partial charge is 0.491 e. The van der Waals surface area contributed by atoms with Gasteiger partial charge in [-0.05, 0) is 36.2 Å². The summed E-state index contributed by atoms with van der Waals surface area (Å²) < 4.78 is 35.7. The molecule has 0 saturated carbocycles. The van der Waals surface area contributed by atoms with Gasteiger partial charge in [0, 0.05) is 19.2 Å². The predicted octanol–water partition coefficient (Wildman–Crippen LogP) is 2.94. The molecule has 0 bridgehead atoms. The van der Waals surface area contributed by atoms with Crippen molar-refractivity contribution in [2.45, 2.75) is 19.3 Å². The van der Waals surface area contributed by atoms with E-state index in [1.54, 1.807) is 31.4 Å². The Hall–Kier alpha value is -1.95. The minimum atomic E-state index is -2.55. The van der Waals surface area contributed by atoms with Crippen LogP contribution < -0.4 is 4.74 Å². The number of hydrogen-bond acceptors (Lipinski definition) is 3. The lowest BCUT2D eigenvalue weighted by Gasteiger charge is -2.28. The molecule has 0 fully saturated rings. The molecule has 0 radical (unpaired) electrons. The highest BCUT2D eigenvalue weighted by Gasteiger charge is 2.25. The Morgan fingerprint density at radius 1 is 1.23 bits per heavy atom. The highest BCUT2D eigenvalue weighted by molar-refractivity contribution is 5.89. The summed E-state index contributed by atoms with van der Waals surface area (Å²) >= 11 is 0. The second-order valence-corrected chi connectivity index (χ2v) is 4.89. The number of ether oxygens (including phenoxy) is 2. The number of allylic oxidation sites excluding steroid dienone is 1. The fraction of sp³-hybridized carbons (Fsp3) is 0.438. The highest BCUT2D eigenvalue weighted by atomic mass is 19.3. The molecule has 0 atom stereocenters. The molecule has 2 rings (SSSR count). The third-order valence-electron chi connectivity index (χ3n) is 3.31. The van der Waals surface area contributed by atoms with Gasteiger partial charge in [0.05, 0.1) is 13.2 Å². The zero-order chi connectivity index (χ0) is 15.9. The van der Waals surface area contributed by atoms with Gasteiger partial charge in [-0.2, -0.15) is 0 Å². The average Bonchev–Trinajstić information content (AvgIpc) is 2.50. The first-order valence-corrected chi connectivity index (χ1v) is 7.12. The van der Waals surface area contributed by atoms with Gasteiger partial charge >= 0.3 is 0 Å². The first kappa shape index (κ1) is 16.4. The summed E-state index contributed by atoms with van der Waals surface area (Å²) in [5.74, 6) is 0.405. The van der Waals surface area contributed by atoms with Gasteiger partial charge < -0.3 is 14.4 Å². The predicted molar refractivity (Wildman–Crippen MR) is 78.7 cm³/mol. The van der Waals surface area contributed by atoms with Crippen molar-refractivity contribution in [1.29, 1.82) is 0 Å². The number of alkyl halides is 2. The van der Waals surface area contributed by atoms with E-state index in [2.05, 4.69) is 0 Å². The lowest BCUT2D eigenvalue weighted by Crippen LogP contribution is -2.35. The fourth-order valence-corrected chi connectivity index (χ4v) is 2.29. The Labute approximate surface area is 128 Å². The normalized spacial score (nSPS) is 15.2. The van der Waals surface area contributed by atoms with Gasteiger partial charge in [0.1, 0.15) is 12.4 Å². The van der Waals surface area contributed by atoms with Crippen LogP contribution in [0, 0.1) is 0 Å². The number of methoxy groups -OCH3 is 1. The molecule has 1 amide bonds. The van der Waals surface area contributed by atoms with Crippen LogP contribution in [0.5, 0.6) is 5.75 Å². The molecular weight excluding hydrogens is 292 g/mol. The maximum Gasteiger partial charge on any atom is 0.256 e. The number of benzene rings is 1. The molecule has 0 saturated heterocycles. The van der Waals surface area contributed by atoms with E-state index in [4.69, 9.17) is 9.47 Å². The van der Waals surface area contributed by atoms with Crippen LogP contribution in [0.15, 0.2) is 30.3 Å². The van der Waals surface area contributed by atoms with E-state index in [-0.39, 0.29) is 12.3 Å². The molecular formula is C16H19F2NO3. The van der Waals surface area contributed by atoms with Crippen molar-refractivity contribution in [1.82, 2.24) is 4.90 Å². The number of rotatable bonds is 7. The van der Waals surface area contributed by atoms with Gasteiger partial charge in [-0.1, -0.05) is 6.08 Å². The Kier molecular flexibility index (Phi) is 5.89. The molecule has 22 heavy (non-hydrogen) atoms. The number of carbonyl (C=O) groups excluding carboxylic acids is 1. The van der Waals surface area contributed by atoms with E-state index in [0.29, 0.717) is 31.1 Å². The Balaban J connectivity index is 2.11. The van der Waals surface area contributed by atoms with Crippen molar-refractivity contribution in [2.24, 2.45) is 0 Å². The van der Waals surface area contributed by atoms with Gasteiger partial charge in [0.15, 0.2) is 0 Å². The van der Waals surface area contributed by atoms with E-state index in [9.17, 15) is 13.6 Å². The molecule has 4 nitrogen and oxygen atoms in total. The molecule has 6 heteroatoms. The standard InChI is InChI=1S/C16H19F2NO3/c1-21-9-10-22-13-7-5-12(6-8-13)14-3-2-4-16(20)19(14)11-15(17)18/h3,5-8,15H,2,4,9-11H2,1H3. The van der Waals surface area contributed by atoms with Crippen LogP contribution >= 0.6 is 0 Å². The first-order chi connectivity index (χ1) is 10.6. The van der Waals surface area contributed by atoms with E-state index < -0.39 is 13.0 Å². The first-order valence-electron chi connectivity index (χ1n) is 7.12. The minimum absolute atomic E-state index is 0.266. The maximum absolute atomic E-state index is 12.7. The molecule has 1 heterocycles. The number of halogens is 2. The Morgan fingerprint density at radius 2 is 1.95 bits per heavy atom. The molecule has 0 aliphatic carbocycles. The van der Waals surface area contributed by atoms with Crippen molar-refractivity contribution in [2.75, 3.05) is 26.9 Å². The second-order valence-electron chi connectivity index (χ2n) is 4.89. The van der Waals surface area contributed by atoms with Crippen LogP contribution in [-0.2, 0) is 9.53 Å². The highest BCUT2D eigenvalue weighted by Crippen LogP contribution is 2.27. The van der Waals surface area contributed by atoms with Crippen LogP contribution in [0.3, 0.4) is 0 Å². The third-order valence-corrected chi connectivity index (χ3v) is 3.31. The molecule has 1 aromatic carbocycles. The third kappa shape index (κ3) is 4.27. The molecule has 120 valence electrons. The summed E-state index contributed by atoms with van der Waals surface area (Å²) in [4.78, 5) is 13.0. The topological polar surface area (TPSA) is 38.8 Å². The minimum Gasteiger partial charge on any atom is -0.491 e. The molecule has 0 aromatic heterocycles. The maximum atomic E-state index is 12.7. The summed E-state index contributed by atoms with van der Waals surface area (Å²) in [6, 6.07) is 7.05. The number of nitrogens with zero attached hydrogens (tertiary/aromatic N) is 1. The van der Waals surface area contributed by atoms with E-state index in [1.165, 1.54) is 0 Å². The van der Waals surface area contributed by atoms with Crippen molar-refractivity contribution < 1.29 is 23.0 Å². The zero-order valence-corrected chi connectivity index (χ0v) is 12.4. The molecule has 0 unspecified atom stereocenters. The summed E-state index contributed by atoms with van der Waals surface area (Å²) in [6.45, 7) is 0.356. The van der Waals surface area contributed by atoms with E-state index >= 15 is 0 Å². The summed E-state index contributed by atoms with van der Waals surface area (Å²) in [5, 5.41) is 0. The molecule has 1 aliphatic rings. The molecule has 0 N–H and O–H groups in total. The second kappa shape index (κ2) is 7.89. The quantitative estimate of drug-likeness (QED) is 0.727. The van der Waals surface area contributed by atoms with Crippen molar-refractivity contribution in [3.8, 4) is 5.75 Å². The van der Waals surface area contributed by atoms with Gasteiger partial charge in [0.2, 0.25) is 5.91 Å². The molecule has 1 aromatic rings. The van der Waals surface area contributed by atoms with Crippen molar-refractivity contribution in [3.05, 3.63) is 35.9 Å². The number of amides is 1. The van der Waals surface area contributed by atoms with Crippen LogP contribution in [0.25, 0.3) is 5.70 Å². The Bertz CT molecular complexity index is 529. The van der Waals surface area contributed by atoms with Gasteiger partial charge in [-0.25, -0.2) is 8.78 Å². The van der Waals surface area contributed by atoms with Gasteiger partial charge in [-0.15, -0.1) is 0 Å².